The molecule has 0 saturated heterocycles. The Labute approximate surface area is 185 Å². The number of nitrogens with zero attached hydrogens (tertiary/aromatic N) is 4. The van der Waals surface area contributed by atoms with Gasteiger partial charge >= 0.3 is 0 Å². The van der Waals surface area contributed by atoms with Gasteiger partial charge in [-0.15, -0.1) is 28.1 Å². The number of aromatic nitrogens is 4. The highest BCUT2D eigenvalue weighted by atomic mass is 32.2. The average molecular weight is 433 g/mol. The van der Waals surface area contributed by atoms with Crippen molar-refractivity contribution in [2.24, 2.45) is 0 Å². The van der Waals surface area contributed by atoms with Crippen molar-refractivity contribution in [3.63, 3.8) is 0 Å². The van der Waals surface area contributed by atoms with Gasteiger partial charge in [-0.2, -0.15) is 0 Å². The standard InChI is InChI=1S/C24H24N4S2/c1-4-14-28-22(19-12-10-18(11-13-19)17(2)3)26-27-24(28)30-16-21-15-29-23(25-21)20-8-6-5-7-9-20/h4-13,15,17H,1,14,16H2,2-3H3. The van der Waals surface area contributed by atoms with Crippen molar-refractivity contribution in [3.05, 3.63) is 83.9 Å². The molecule has 2 aromatic heterocycles. The molecule has 4 rings (SSSR count). The molecule has 4 nitrogen and oxygen atoms in total. The fraction of sp³-hybridized carbons (Fsp3) is 0.208. The van der Waals surface area contributed by atoms with Gasteiger partial charge in [0.2, 0.25) is 0 Å². The van der Waals surface area contributed by atoms with Crippen molar-refractivity contribution in [2.75, 3.05) is 0 Å². The van der Waals surface area contributed by atoms with E-state index >= 15 is 0 Å². The minimum Gasteiger partial charge on any atom is -0.298 e. The van der Waals surface area contributed by atoms with Gasteiger partial charge in [0.25, 0.3) is 0 Å². The van der Waals surface area contributed by atoms with E-state index in [0.717, 1.165) is 38.6 Å². The maximum atomic E-state index is 4.78. The quantitative estimate of drug-likeness (QED) is 0.230. The number of allylic oxidation sites excluding steroid dienone is 1. The van der Waals surface area contributed by atoms with E-state index in [0.29, 0.717) is 12.5 Å². The first-order valence-corrected chi connectivity index (χ1v) is 11.8. The second-order valence-electron chi connectivity index (χ2n) is 7.28. The average Bonchev–Trinajstić information content (AvgIpc) is 3.40. The molecule has 0 aliphatic rings. The van der Waals surface area contributed by atoms with Crippen LogP contribution in [0.15, 0.2) is 77.8 Å². The molecule has 0 saturated carbocycles. The first-order chi connectivity index (χ1) is 14.7. The van der Waals surface area contributed by atoms with Gasteiger partial charge in [0.05, 0.1) is 5.69 Å². The van der Waals surface area contributed by atoms with Crippen molar-refractivity contribution in [1.82, 2.24) is 19.7 Å². The van der Waals surface area contributed by atoms with Crippen molar-refractivity contribution in [3.8, 4) is 22.0 Å². The molecular formula is C24H24N4S2. The third-order valence-electron chi connectivity index (χ3n) is 4.79. The zero-order chi connectivity index (χ0) is 20.9. The number of benzene rings is 2. The summed E-state index contributed by atoms with van der Waals surface area (Å²) in [5.74, 6) is 2.14. The summed E-state index contributed by atoms with van der Waals surface area (Å²) in [6.07, 6.45) is 1.88. The smallest absolute Gasteiger partial charge is 0.192 e. The Bertz CT molecular complexity index is 1110. The molecule has 0 bridgehead atoms. The molecule has 0 radical (unpaired) electrons. The lowest BCUT2D eigenvalue weighted by atomic mass is 10.0. The molecule has 0 unspecified atom stereocenters. The zero-order valence-electron chi connectivity index (χ0n) is 17.2. The van der Waals surface area contributed by atoms with E-state index < -0.39 is 0 Å². The Hall–Kier alpha value is -2.70. The molecule has 0 N–H and O–H groups in total. The lowest BCUT2D eigenvalue weighted by molar-refractivity contribution is 0.731. The van der Waals surface area contributed by atoms with E-state index in [-0.39, 0.29) is 0 Å². The van der Waals surface area contributed by atoms with Gasteiger partial charge in [0.1, 0.15) is 5.01 Å². The fourth-order valence-electron chi connectivity index (χ4n) is 3.14. The Morgan fingerprint density at radius 3 is 2.50 bits per heavy atom. The van der Waals surface area contributed by atoms with Crippen molar-refractivity contribution in [2.45, 2.75) is 37.2 Å². The van der Waals surface area contributed by atoms with Crippen LogP contribution in [0.2, 0.25) is 0 Å². The summed E-state index contributed by atoms with van der Waals surface area (Å²) in [7, 11) is 0. The summed E-state index contributed by atoms with van der Waals surface area (Å²) < 4.78 is 2.12. The van der Waals surface area contributed by atoms with E-state index in [1.54, 1.807) is 23.1 Å². The summed E-state index contributed by atoms with van der Waals surface area (Å²) in [4.78, 5) is 4.78. The first kappa shape index (κ1) is 20.6. The Morgan fingerprint density at radius 2 is 1.80 bits per heavy atom. The van der Waals surface area contributed by atoms with Crippen LogP contribution in [0.3, 0.4) is 0 Å². The fourth-order valence-corrected chi connectivity index (χ4v) is 4.92. The number of hydrogen-bond acceptors (Lipinski definition) is 5. The maximum absolute atomic E-state index is 4.78. The molecule has 0 spiro atoms. The molecule has 0 amide bonds. The number of hydrogen-bond donors (Lipinski definition) is 0. The van der Waals surface area contributed by atoms with Gasteiger partial charge in [-0.3, -0.25) is 4.57 Å². The summed E-state index contributed by atoms with van der Waals surface area (Å²) in [5, 5.41) is 13.0. The van der Waals surface area contributed by atoms with Gasteiger partial charge in [0, 0.05) is 28.8 Å². The summed E-state index contributed by atoms with van der Waals surface area (Å²) in [5.41, 5.74) is 4.60. The van der Waals surface area contributed by atoms with Crippen molar-refractivity contribution in [1.29, 1.82) is 0 Å². The highest BCUT2D eigenvalue weighted by Crippen LogP contribution is 2.30. The topological polar surface area (TPSA) is 43.6 Å². The van der Waals surface area contributed by atoms with E-state index in [4.69, 9.17) is 4.98 Å². The van der Waals surface area contributed by atoms with Crippen LogP contribution in [0.4, 0.5) is 0 Å². The van der Waals surface area contributed by atoms with Gasteiger partial charge in [-0.05, 0) is 11.5 Å². The highest BCUT2D eigenvalue weighted by Gasteiger charge is 2.15. The second kappa shape index (κ2) is 9.41. The zero-order valence-corrected chi connectivity index (χ0v) is 18.8. The Balaban J connectivity index is 1.52. The highest BCUT2D eigenvalue weighted by molar-refractivity contribution is 7.98. The Kier molecular flexibility index (Phi) is 6.45. The normalized spacial score (nSPS) is 11.2. The molecule has 0 aliphatic heterocycles. The van der Waals surface area contributed by atoms with Gasteiger partial charge in [0.15, 0.2) is 11.0 Å². The lowest BCUT2D eigenvalue weighted by Gasteiger charge is -2.09. The largest absolute Gasteiger partial charge is 0.298 e. The van der Waals surface area contributed by atoms with Crippen molar-refractivity contribution >= 4 is 23.1 Å². The van der Waals surface area contributed by atoms with Gasteiger partial charge in [-0.1, -0.05) is 86.3 Å². The molecule has 30 heavy (non-hydrogen) atoms. The van der Waals surface area contributed by atoms with Crippen LogP contribution in [0.5, 0.6) is 0 Å². The summed E-state index contributed by atoms with van der Waals surface area (Å²) in [6.45, 7) is 8.98. The van der Waals surface area contributed by atoms with E-state index in [1.807, 2.05) is 24.3 Å². The molecule has 0 aliphatic carbocycles. The van der Waals surface area contributed by atoms with Crippen LogP contribution in [-0.4, -0.2) is 19.7 Å². The lowest BCUT2D eigenvalue weighted by Crippen LogP contribution is -2.01. The van der Waals surface area contributed by atoms with Crippen LogP contribution >= 0.6 is 23.1 Å². The van der Waals surface area contributed by atoms with Gasteiger partial charge < -0.3 is 0 Å². The molecule has 2 heterocycles. The third-order valence-corrected chi connectivity index (χ3v) is 6.73. The number of rotatable bonds is 8. The Morgan fingerprint density at radius 1 is 1.03 bits per heavy atom. The summed E-state index contributed by atoms with van der Waals surface area (Å²) in [6, 6.07) is 18.9. The number of thiazole rings is 1. The van der Waals surface area contributed by atoms with Crippen LogP contribution in [0, 0.1) is 0 Å². The number of thioether (sulfide) groups is 1. The summed E-state index contributed by atoms with van der Waals surface area (Å²) >= 11 is 3.33. The van der Waals surface area contributed by atoms with Crippen molar-refractivity contribution < 1.29 is 0 Å². The molecular weight excluding hydrogens is 408 g/mol. The van der Waals surface area contributed by atoms with Crippen LogP contribution in [0.1, 0.15) is 31.0 Å². The van der Waals surface area contributed by atoms with E-state index in [1.165, 1.54) is 5.56 Å². The van der Waals surface area contributed by atoms with Crippen LogP contribution in [0.25, 0.3) is 22.0 Å². The monoisotopic (exact) mass is 432 g/mol. The minimum atomic E-state index is 0.509. The maximum Gasteiger partial charge on any atom is 0.192 e. The van der Waals surface area contributed by atoms with Gasteiger partial charge in [-0.25, -0.2) is 4.98 Å². The van der Waals surface area contributed by atoms with Crippen LogP contribution < -0.4 is 0 Å². The molecule has 0 fully saturated rings. The van der Waals surface area contributed by atoms with Crippen LogP contribution in [-0.2, 0) is 12.3 Å². The SMILES string of the molecule is C=CCn1c(SCc2csc(-c3ccccc3)n2)nnc1-c1ccc(C(C)C)cc1. The second-order valence-corrected chi connectivity index (χ2v) is 9.08. The predicted molar refractivity (Wildman–Crippen MR) is 127 cm³/mol. The third kappa shape index (κ3) is 4.55. The predicted octanol–water partition coefficient (Wildman–Crippen LogP) is 6.67. The molecule has 152 valence electrons. The molecule has 4 aromatic rings. The minimum absolute atomic E-state index is 0.509. The van der Waals surface area contributed by atoms with E-state index in [9.17, 15) is 0 Å². The molecule has 0 atom stereocenters. The van der Waals surface area contributed by atoms with E-state index in [2.05, 4.69) is 77.0 Å². The molecule has 6 heteroatoms. The first-order valence-electron chi connectivity index (χ1n) is 9.92. The molecule has 2 aromatic carbocycles.